The molecule has 1 unspecified atom stereocenters. The van der Waals surface area contributed by atoms with Gasteiger partial charge in [0.2, 0.25) is 0 Å². The molecule has 0 spiro atoms. The standard InChI is InChI=1S/2C10H14O2S2.C9H12O2S2/c1-8(11)6-9(12-2)7-14-10-4-3-5-13-10;11-9(12)5-2-1-3-7-13-10-6-4-8-14-10;10-8(11)4-1-2-6-12-9-5-3-7-13-9/h3-5,9H,6-7H2,1-2H3;4,6,8H,1-3,5,7H2,(H,11,12);3,5,7H,1-2,4,6H2,(H,10,11). The van der Waals surface area contributed by atoms with Gasteiger partial charge in [-0.05, 0) is 78.5 Å². The Labute approximate surface area is 268 Å². The number of aliphatic carboxylic acids is 2. The van der Waals surface area contributed by atoms with Crippen LogP contribution in [0, 0.1) is 0 Å². The van der Waals surface area contributed by atoms with Gasteiger partial charge in [0.05, 0.1) is 18.7 Å². The molecule has 3 aromatic rings. The topological polar surface area (TPSA) is 101 Å². The van der Waals surface area contributed by atoms with Crippen molar-refractivity contribution < 1.29 is 29.3 Å². The summed E-state index contributed by atoms with van der Waals surface area (Å²) >= 11 is 10.6. The summed E-state index contributed by atoms with van der Waals surface area (Å²) in [5, 5.41) is 23.0. The van der Waals surface area contributed by atoms with Crippen LogP contribution < -0.4 is 0 Å². The van der Waals surface area contributed by atoms with Crippen LogP contribution in [0.15, 0.2) is 65.2 Å². The minimum absolute atomic E-state index is 0.0413. The predicted octanol–water partition coefficient (Wildman–Crippen LogP) is 9.41. The second-order valence-corrected chi connectivity index (χ2v) is 15.6. The van der Waals surface area contributed by atoms with Gasteiger partial charge in [0.1, 0.15) is 5.78 Å². The van der Waals surface area contributed by atoms with Crippen molar-refractivity contribution in [3.8, 4) is 0 Å². The van der Waals surface area contributed by atoms with Crippen molar-refractivity contribution in [3.63, 3.8) is 0 Å². The Morgan fingerprint density at radius 1 is 0.732 bits per heavy atom. The van der Waals surface area contributed by atoms with Gasteiger partial charge in [-0.15, -0.1) is 69.3 Å². The van der Waals surface area contributed by atoms with Crippen molar-refractivity contribution in [1.29, 1.82) is 0 Å². The lowest BCUT2D eigenvalue weighted by Gasteiger charge is -2.11. The van der Waals surface area contributed by atoms with E-state index in [0.29, 0.717) is 19.3 Å². The summed E-state index contributed by atoms with van der Waals surface area (Å²) in [7, 11) is 1.66. The average molecular weight is 677 g/mol. The highest BCUT2D eigenvalue weighted by Crippen LogP contribution is 2.26. The second-order valence-electron chi connectivity index (χ2n) is 8.62. The molecule has 3 heterocycles. The molecule has 41 heavy (non-hydrogen) atoms. The number of rotatable bonds is 19. The SMILES string of the molecule is COC(CSc1cccs1)CC(C)=O.O=C(O)CCCCCSc1cccs1.O=C(O)CCCCSc1cccs1. The van der Waals surface area contributed by atoms with Crippen molar-refractivity contribution in [2.24, 2.45) is 0 Å². The second kappa shape index (κ2) is 25.2. The maximum absolute atomic E-state index is 10.9. The molecular formula is C29H40O6S6. The Morgan fingerprint density at radius 2 is 1.17 bits per heavy atom. The van der Waals surface area contributed by atoms with Gasteiger partial charge < -0.3 is 14.9 Å². The molecule has 1 atom stereocenters. The summed E-state index contributed by atoms with van der Waals surface area (Å²) in [6.45, 7) is 1.60. The Kier molecular flexibility index (Phi) is 23.2. The smallest absolute Gasteiger partial charge is 0.303 e. The largest absolute Gasteiger partial charge is 0.481 e. The van der Waals surface area contributed by atoms with E-state index < -0.39 is 11.9 Å². The highest BCUT2D eigenvalue weighted by Gasteiger charge is 2.10. The normalized spacial score (nSPS) is 11.1. The fourth-order valence-electron chi connectivity index (χ4n) is 3.02. The van der Waals surface area contributed by atoms with Crippen LogP contribution in [0.2, 0.25) is 0 Å². The Hall–Kier alpha value is -1.28. The van der Waals surface area contributed by atoms with Crippen LogP contribution in [0.3, 0.4) is 0 Å². The monoisotopic (exact) mass is 676 g/mol. The van der Waals surface area contributed by atoms with Gasteiger partial charge in [-0.3, -0.25) is 14.4 Å². The molecule has 0 saturated heterocycles. The molecule has 6 nitrogen and oxygen atoms in total. The summed E-state index contributed by atoms with van der Waals surface area (Å²) < 4.78 is 9.16. The lowest BCUT2D eigenvalue weighted by atomic mass is 10.2. The lowest BCUT2D eigenvalue weighted by Crippen LogP contribution is -2.17. The van der Waals surface area contributed by atoms with E-state index in [1.165, 1.54) is 12.6 Å². The van der Waals surface area contributed by atoms with Crippen LogP contribution in [0.4, 0.5) is 0 Å². The molecular weight excluding hydrogens is 637 g/mol. The van der Waals surface area contributed by atoms with Gasteiger partial charge in [0, 0.05) is 32.1 Å². The van der Waals surface area contributed by atoms with Crippen LogP contribution in [0.1, 0.15) is 58.3 Å². The van der Waals surface area contributed by atoms with Crippen LogP contribution in [-0.4, -0.2) is 58.4 Å². The number of hydrogen-bond donors (Lipinski definition) is 2. The summed E-state index contributed by atoms with van der Waals surface area (Å²) in [6, 6.07) is 12.4. The van der Waals surface area contributed by atoms with Crippen LogP contribution >= 0.6 is 69.3 Å². The molecule has 0 radical (unpaired) electrons. The molecule has 0 aliphatic carbocycles. The number of ketones is 1. The first-order valence-corrected chi connectivity index (χ1v) is 18.8. The first-order chi connectivity index (χ1) is 19.8. The maximum atomic E-state index is 10.9. The third kappa shape index (κ3) is 22.9. The number of carbonyl (C=O) groups excluding carboxylic acids is 1. The number of ether oxygens (including phenoxy) is 1. The van der Waals surface area contributed by atoms with Crippen LogP contribution in [0.25, 0.3) is 0 Å². The Morgan fingerprint density at radius 3 is 1.56 bits per heavy atom. The van der Waals surface area contributed by atoms with Gasteiger partial charge in [-0.2, -0.15) is 0 Å². The molecule has 3 rings (SSSR count). The van der Waals surface area contributed by atoms with E-state index in [0.717, 1.165) is 49.4 Å². The minimum Gasteiger partial charge on any atom is -0.481 e. The van der Waals surface area contributed by atoms with E-state index in [4.69, 9.17) is 14.9 Å². The molecule has 12 heteroatoms. The maximum Gasteiger partial charge on any atom is 0.303 e. The zero-order valence-electron chi connectivity index (χ0n) is 23.5. The van der Waals surface area contributed by atoms with Gasteiger partial charge in [0.15, 0.2) is 0 Å². The van der Waals surface area contributed by atoms with Crippen LogP contribution in [0.5, 0.6) is 0 Å². The lowest BCUT2D eigenvalue weighted by molar-refractivity contribution is -0.138. The van der Waals surface area contributed by atoms with E-state index in [2.05, 4.69) is 40.4 Å². The fourth-order valence-corrected chi connectivity index (χ4v) is 8.62. The van der Waals surface area contributed by atoms with Crippen molar-refractivity contribution >= 4 is 87.0 Å². The van der Waals surface area contributed by atoms with E-state index >= 15 is 0 Å². The number of thiophene rings is 3. The quantitative estimate of drug-likeness (QED) is 0.0950. The van der Waals surface area contributed by atoms with Crippen molar-refractivity contribution in [2.45, 2.75) is 77.0 Å². The molecule has 0 aliphatic rings. The first-order valence-electron chi connectivity index (χ1n) is 13.2. The number of unbranched alkanes of at least 4 members (excludes halogenated alkanes) is 3. The zero-order chi connectivity index (χ0) is 30.1. The number of carboxylic acid groups (broad SMARTS) is 2. The summed E-state index contributed by atoms with van der Waals surface area (Å²) in [4.78, 5) is 31.3. The number of methoxy groups -OCH3 is 1. The molecule has 0 amide bonds. The fraction of sp³-hybridized carbons (Fsp3) is 0.483. The van der Waals surface area contributed by atoms with Crippen LogP contribution in [-0.2, 0) is 19.1 Å². The predicted molar refractivity (Wildman–Crippen MR) is 179 cm³/mol. The molecule has 0 aliphatic heterocycles. The Balaban J connectivity index is 0.000000308. The van der Waals surface area contributed by atoms with E-state index in [1.807, 2.05) is 23.9 Å². The van der Waals surface area contributed by atoms with Crippen molar-refractivity contribution in [2.75, 3.05) is 24.4 Å². The van der Waals surface area contributed by atoms with Gasteiger partial charge >= 0.3 is 11.9 Å². The third-order valence-corrected chi connectivity index (χ3v) is 11.8. The van der Waals surface area contributed by atoms with Gasteiger partial charge in [-0.25, -0.2) is 0 Å². The molecule has 0 fully saturated rings. The third-order valence-electron chi connectivity index (χ3n) is 5.05. The zero-order valence-corrected chi connectivity index (χ0v) is 28.4. The minimum atomic E-state index is -0.693. The summed E-state index contributed by atoms with van der Waals surface area (Å²) in [5.41, 5.74) is 0. The first kappa shape index (κ1) is 37.7. The summed E-state index contributed by atoms with van der Waals surface area (Å²) in [5.74, 6) is 1.77. The van der Waals surface area contributed by atoms with Crippen molar-refractivity contribution in [3.05, 3.63) is 52.5 Å². The van der Waals surface area contributed by atoms with Gasteiger partial charge in [0.25, 0.3) is 0 Å². The highest BCUT2D eigenvalue weighted by molar-refractivity contribution is 8.01. The van der Waals surface area contributed by atoms with E-state index in [1.54, 1.807) is 71.6 Å². The number of Topliss-reactive ketones (excluding diaryl/α,β-unsaturated/α-hetero) is 1. The molecule has 0 saturated carbocycles. The van der Waals surface area contributed by atoms with E-state index in [9.17, 15) is 14.4 Å². The Bertz CT molecular complexity index is 1040. The number of thioether (sulfide) groups is 3. The molecule has 0 aromatic carbocycles. The summed E-state index contributed by atoms with van der Waals surface area (Å²) in [6.07, 6.45) is 5.85. The molecule has 0 bridgehead atoms. The number of carboxylic acids is 2. The molecule has 228 valence electrons. The number of hydrogen-bond acceptors (Lipinski definition) is 10. The van der Waals surface area contributed by atoms with Crippen molar-refractivity contribution in [1.82, 2.24) is 0 Å². The van der Waals surface area contributed by atoms with E-state index in [-0.39, 0.29) is 11.9 Å². The molecule has 3 aromatic heterocycles. The highest BCUT2D eigenvalue weighted by atomic mass is 32.2. The van der Waals surface area contributed by atoms with Gasteiger partial charge in [-0.1, -0.05) is 24.6 Å². The average Bonchev–Trinajstić information content (AvgIpc) is 3.73. The number of carbonyl (C=O) groups is 3. The molecule has 2 N–H and O–H groups in total.